The van der Waals surface area contributed by atoms with Crippen LogP contribution < -0.4 is 10.6 Å². The minimum Gasteiger partial charge on any atom is -0.445 e. The molecule has 0 saturated heterocycles. The maximum atomic E-state index is 13.2. The van der Waals surface area contributed by atoms with Crippen molar-refractivity contribution in [1.29, 1.82) is 0 Å². The fraction of sp³-hybridized carbons (Fsp3) is 0.417. The molecule has 180 valence electrons. The number of amides is 2. The number of carbonyl (C=O) groups excluding carboxylic acids is 2. The Morgan fingerprint density at radius 1 is 0.939 bits per heavy atom. The Morgan fingerprint density at radius 2 is 1.48 bits per heavy atom. The maximum absolute atomic E-state index is 13.2. The third-order valence-electron chi connectivity index (χ3n) is 5.07. The van der Waals surface area contributed by atoms with Crippen LogP contribution in [0.1, 0.15) is 31.4 Å². The number of alkyl halides is 3. The molecule has 3 atom stereocenters. The molecule has 0 aliphatic carbocycles. The van der Waals surface area contributed by atoms with Gasteiger partial charge in [-0.3, -0.25) is 4.79 Å². The van der Waals surface area contributed by atoms with Gasteiger partial charge < -0.3 is 20.5 Å². The van der Waals surface area contributed by atoms with Gasteiger partial charge in [-0.2, -0.15) is 13.2 Å². The van der Waals surface area contributed by atoms with Crippen LogP contribution in [0.5, 0.6) is 0 Å². The highest BCUT2D eigenvalue weighted by Crippen LogP contribution is 2.25. The van der Waals surface area contributed by atoms with Crippen LogP contribution in [0, 0.1) is 5.92 Å². The molecule has 3 N–H and O–H groups in total. The van der Waals surface area contributed by atoms with Gasteiger partial charge in [0.05, 0.1) is 6.04 Å². The summed E-state index contributed by atoms with van der Waals surface area (Å²) in [4.78, 5) is 25.0. The van der Waals surface area contributed by atoms with Crippen LogP contribution in [0.4, 0.5) is 18.0 Å². The van der Waals surface area contributed by atoms with Gasteiger partial charge in [0.15, 0.2) is 6.10 Å². The SMILES string of the molecule is CC(C)[C@H](NC(=O)OCc1ccccc1)C(=O)NC(CCc1ccccc1)C(O)C(F)(F)F. The lowest BCUT2D eigenvalue weighted by molar-refractivity contribution is -0.212. The zero-order valence-electron chi connectivity index (χ0n) is 18.5. The summed E-state index contributed by atoms with van der Waals surface area (Å²) in [5, 5.41) is 14.5. The molecule has 0 spiro atoms. The number of aliphatic hydroxyl groups excluding tert-OH is 1. The summed E-state index contributed by atoms with van der Waals surface area (Å²) in [6.07, 6.45) is -8.45. The molecule has 0 bridgehead atoms. The molecule has 0 radical (unpaired) electrons. The van der Waals surface area contributed by atoms with Gasteiger partial charge in [-0.25, -0.2) is 4.79 Å². The summed E-state index contributed by atoms with van der Waals surface area (Å²) in [7, 11) is 0. The molecule has 2 rings (SSSR count). The van der Waals surface area contributed by atoms with Crippen molar-refractivity contribution in [3.05, 3.63) is 71.8 Å². The van der Waals surface area contributed by atoms with E-state index < -0.39 is 42.3 Å². The first-order valence-electron chi connectivity index (χ1n) is 10.6. The van der Waals surface area contributed by atoms with Crippen molar-refractivity contribution in [2.45, 2.75) is 57.7 Å². The molecule has 33 heavy (non-hydrogen) atoms. The van der Waals surface area contributed by atoms with Gasteiger partial charge in [-0.1, -0.05) is 74.5 Å². The smallest absolute Gasteiger partial charge is 0.416 e. The predicted molar refractivity (Wildman–Crippen MR) is 117 cm³/mol. The summed E-state index contributed by atoms with van der Waals surface area (Å²) in [6.45, 7) is 3.26. The summed E-state index contributed by atoms with van der Waals surface area (Å²) in [6, 6.07) is 15.0. The van der Waals surface area contributed by atoms with Crippen molar-refractivity contribution in [2.24, 2.45) is 5.92 Å². The van der Waals surface area contributed by atoms with E-state index in [-0.39, 0.29) is 19.4 Å². The van der Waals surface area contributed by atoms with Crippen LogP contribution in [0.25, 0.3) is 0 Å². The Balaban J connectivity index is 2.03. The third-order valence-corrected chi connectivity index (χ3v) is 5.07. The molecular formula is C24H29F3N2O4. The van der Waals surface area contributed by atoms with Crippen molar-refractivity contribution in [3.63, 3.8) is 0 Å². The summed E-state index contributed by atoms with van der Waals surface area (Å²) in [5.41, 5.74) is 1.52. The minimum atomic E-state index is -4.91. The number of aliphatic hydroxyl groups is 1. The number of ether oxygens (including phenoxy) is 1. The van der Waals surface area contributed by atoms with Crippen LogP contribution in [-0.2, 0) is 22.6 Å². The van der Waals surface area contributed by atoms with Gasteiger partial charge >= 0.3 is 12.3 Å². The Kier molecular flexibility index (Phi) is 9.72. The molecular weight excluding hydrogens is 437 g/mol. The fourth-order valence-corrected chi connectivity index (χ4v) is 3.20. The Morgan fingerprint density at radius 3 is 2.00 bits per heavy atom. The number of hydrogen-bond acceptors (Lipinski definition) is 4. The van der Waals surface area contributed by atoms with Crippen LogP contribution >= 0.6 is 0 Å². The average Bonchev–Trinajstić information content (AvgIpc) is 2.78. The highest BCUT2D eigenvalue weighted by atomic mass is 19.4. The lowest BCUT2D eigenvalue weighted by Gasteiger charge is -2.29. The third kappa shape index (κ3) is 8.76. The number of rotatable bonds is 10. The van der Waals surface area contributed by atoms with Gasteiger partial charge in [-0.15, -0.1) is 0 Å². The summed E-state index contributed by atoms with van der Waals surface area (Å²) in [5.74, 6) is -1.27. The van der Waals surface area contributed by atoms with Gasteiger partial charge in [-0.05, 0) is 29.9 Å². The van der Waals surface area contributed by atoms with E-state index in [1.807, 2.05) is 6.07 Å². The first-order chi connectivity index (χ1) is 15.6. The molecule has 0 saturated carbocycles. The van der Waals surface area contributed by atoms with Crippen LogP contribution in [0.15, 0.2) is 60.7 Å². The number of hydrogen-bond donors (Lipinski definition) is 3. The molecule has 0 heterocycles. The van der Waals surface area contributed by atoms with Gasteiger partial charge in [0, 0.05) is 0 Å². The second-order valence-electron chi connectivity index (χ2n) is 8.05. The van der Waals surface area contributed by atoms with E-state index in [1.165, 1.54) is 0 Å². The predicted octanol–water partition coefficient (Wildman–Crippen LogP) is 3.98. The molecule has 2 amide bonds. The number of carbonyl (C=O) groups is 2. The molecule has 0 aliphatic heterocycles. The number of aryl methyl sites for hydroxylation is 1. The summed E-state index contributed by atoms with van der Waals surface area (Å²) >= 11 is 0. The quantitative estimate of drug-likeness (QED) is 0.494. The standard InChI is InChI=1S/C24H29F3N2O4/c1-16(2)20(29-23(32)33-15-18-11-7-4-8-12-18)22(31)28-19(21(30)24(25,26)27)14-13-17-9-5-3-6-10-17/h3-12,16,19-21,30H,13-15H2,1-2H3,(H,28,31)(H,29,32)/t19?,20-,21?/m0/s1. The second kappa shape index (κ2) is 12.2. The highest BCUT2D eigenvalue weighted by molar-refractivity contribution is 5.86. The maximum Gasteiger partial charge on any atom is 0.416 e. The number of alkyl carbamates (subject to hydrolysis) is 1. The average molecular weight is 467 g/mol. The van der Waals surface area contributed by atoms with E-state index in [9.17, 15) is 27.9 Å². The van der Waals surface area contributed by atoms with Crippen molar-refractivity contribution >= 4 is 12.0 Å². The minimum absolute atomic E-state index is 0.0222. The molecule has 9 heteroatoms. The molecule has 0 aromatic heterocycles. The highest BCUT2D eigenvalue weighted by Gasteiger charge is 2.44. The largest absolute Gasteiger partial charge is 0.445 e. The molecule has 0 aliphatic rings. The van der Waals surface area contributed by atoms with Crippen LogP contribution in [0.3, 0.4) is 0 Å². The Labute approximate surface area is 191 Å². The number of benzene rings is 2. The van der Waals surface area contributed by atoms with E-state index in [0.717, 1.165) is 11.1 Å². The summed E-state index contributed by atoms with van der Waals surface area (Å²) < 4.78 is 44.8. The first kappa shape index (κ1) is 26.2. The van der Waals surface area contributed by atoms with E-state index in [0.29, 0.717) is 0 Å². The van der Waals surface area contributed by atoms with Gasteiger partial charge in [0.25, 0.3) is 0 Å². The molecule has 2 aromatic rings. The van der Waals surface area contributed by atoms with E-state index in [1.54, 1.807) is 68.4 Å². The number of nitrogens with one attached hydrogen (secondary N) is 2. The Hall–Kier alpha value is -3.07. The van der Waals surface area contributed by atoms with Gasteiger partial charge in [0.2, 0.25) is 5.91 Å². The monoisotopic (exact) mass is 466 g/mol. The lowest BCUT2D eigenvalue weighted by Crippen LogP contribution is -2.56. The van der Waals surface area contributed by atoms with Gasteiger partial charge in [0.1, 0.15) is 12.6 Å². The molecule has 2 aromatic carbocycles. The zero-order chi connectivity index (χ0) is 24.4. The van der Waals surface area contributed by atoms with Crippen molar-refractivity contribution in [2.75, 3.05) is 0 Å². The van der Waals surface area contributed by atoms with Crippen molar-refractivity contribution in [1.82, 2.24) is 10.6 Å². The normalized spacial score (nSPS) is 14.3. The lowest BCUT2D eigenvalue weighted by atomic mass is 9.98. The van der Waals surface area contributed by atoms with E-state index in [4.69, 9.17) is 4.74 Å². The number of halogens is 3. The second-order valence-corrected chi connectivity index (χ2v) is 8.05. The van der Waals surface area contributed by atoms with Crippen LogP contribution in [0.2, 0.25) is 0 Å². The van der Waals surface area contributed by atoms with Crippen molar-refractivity contribution in [3.8, 4) is 0 Å². The fourth-order valence-electron chi connectivity index (χ4n) is 3.20. The van der Waals surface area contributed by atoms with E-state index in [2.05, 4.69) is 10.6 Å². The molecule has 0 fully saturated rings. The zero-order valence-corrected chi connectivity index (χ0v) is 18.5. The first-order valence-corrected chi connectivity index (χ1v) is 10.6. The van der Waals surface area contributed by atoms with Crippen LogP contribution in [-0.4, -0.2) is 41.5 Å². The topological polar surface area (TPSA) is 87.7 Å². The molecule has 2 unspecified atom stereocenters. The Bertz CT molecular complexity index is 876. The van der Waals surface area contributed by atoms with Crippen molar-refractivity contribution < 1.29 is 32.6 Å². The van der Waals surface area contributed by atoms with E-state index >= 15 is 0 Å². The molecule has 6 nitrogen and oxygen atoms in total.